The van der Waals surface area contributed by atoms with Gasteiger partial charge in [0.25, 0.3) is 5.56 Å². The first-order valence-corrected chi connectivity index (χ1v) is 11.3. The molecule has 0 saturated carbocycles. The molecular formula is C26H21N9O2. The quantitative estimate of drug-likeness (QED) is 0.361. The molecule has 0 radical (unpaired) electrons. The lowest BCUT2D eigenvalue weighted by atomic mass is 10.1. The van der Waals surface area contributed by atoms with Gasteiger partial charge in [-0.3, -0.25) is 9.36 Å². The van der Waals surface area contributed by atoms with Crippen LogP contribution in [0.5, 0.6) is 5.88 Å². The number of nitrogen functional groups attached to an aromatic ring is 1. The zero-order valence-corrected chi connectivity index (χ0v) is 20.0. The van der Waals surface area contributed by atoms with Gasteiger partial charge in [-0.2, -0.15) is 10.2 Å². The van der Waals surface area contributed by atoms with Crippen LogP contribution in [0, 0.1) is 11.3 Å². The first kappa shape index (κ1) is 23.4. The highest BCUT2D eigenvalue weighted by Gasteiger charge is 2.22. The molecule has 0 aliphatic carbocycles. The van der Waals surface area contributed by atoms with Crippen molar-refractivity contribution in [2.45, 2.75) is 13.0 Å². The highest BCUT2D eigenvalue weighted by molar-refractivity contribution is 5.93. The molecule has 3 heterocycles. The molecule has 0 aliphatic heterocycles. The van der Waals surface area contributed by atoms with E-state index >= 15 is 0 Å². The number of hydrogen-bond donors (Lipinski definition) is 2. The number of nitriles is 1. The third kappa shape index (κ3) is 4.39. The predicted octanol–water partition coefficient (Wildman–Crippen LogP) is 3.27. The number of aromatic nitrogens is 6. The number of nitrogens with two attached hydrogens (primary N) is 1. The van der Waals surface area contributed by atoms with Gasteiger partial charge in [0.1, 0.15) is 23.3 Å². The summed E-state index contributed by atoms with van der Waals surface area (Å²) < 4.78 is 6.65. The van der Waals surface area contributed by atoms with E-state index in [-0.39, 0.29) is 22.9 Å². The maximum absolute atomic E-state index is 14.1. The molecule has 2 aromatic carbocycles. The molecule has 0 amide bonds. The van der Waals surface area contributed by atoms with Gasteiger partial charge in [0.15, 0.2) is 0 Å². The molecule has 0 unspecified atom stereocenters. The van der Waals surface area contributed by atoms with Crippen molar-refractivity contribution < 1.29 is 4.74 Å². The second kappa shape index (κ2) is 9.71. The van der Waals surface area contributed by atoms with E-state index in [1.54, 1.807) is 18.3 Å². The smallest absolute Gasteiger partial charge is 0.266 e. The van der Waals surface area contributed by atoms with Crippen LogP contribution in [0.25, 0.3) is 27.8 Å². The van der Waals surface area contributed by atoms with Gasteiger partial charge in [-0.05, 0) is 25.1 Å². The molecule has 0 spiro atoms. The largest absolute Gasteiger partial charge is 0.480 e. The van der Waals surface area contributed by atoms with E-state index in [0.717, 1.165) is 0 Å². The van der Waals surface area contributed by atoms with Crippen LogP contribution in [0.2, 0.25) is 0 Å². The van der Waals surface area contributed by atoms with Gasteiger partial charge in [0.05, 0.1) is 54.0 Å². The van der Waals surface area contributed by atoms with Crippen LogP contribution in [0.1, 0.15) is 24.4 Å². The van der Waals surface area contributed by atoms with Gasteiger partial charge in [0, 0.05) is 5.56 Å². The minimum absolute atomic E-state index is 0.0193. The van der Waals surface area contributed by atoms with Crippen LogP contribution in [-0.2, 0) is 0 Å². The van der Waals surface area contributed by atoms with E-state index in [2.05, 4.69) is 25.3 Å². The SMILES string of the molecule is COc1cnc(-c2cccc3nc([C@@H](C)Nc4nc(N)ncc4C#N)n(-c4ccccc4)c(=O)c23)cn1. The maximum atomic E-state index is 14.1. The minimum Gasteiger partial charge on any atom is -0.480 e. The predicted molar refractivity (Wildman–Crippen MR) is 138 cm³/mol. The lowest BCUT2D eigenvalue weighted by molar-refractivity contribution is 0.396. The van der Waals surface area contributed by atoms with E-state index in [9.17, 15) is 10.1 Å². The summed E-state index contributed by atoms with van der Waals surface area (Å²) in [6.07, 6.45) is 4.40. The highest BCUT2D eigenvalue weighted by Crippen LogP contribution is 2.27. The standard InChI is InChI=1S/C26H21N9O2/c1-15(32-23-16(11-27)12-31-26(28)34-23)24-33-19-10-6-9-18(20-13-30-21(37-2)14-29-20)22(19)25(36)35(24)17-7-4-3-5-8-17/h3-10,12-15H,1-2H3,(H3,28,31,32,34)/t15-/m1/s1. The average Bonchev–Trinajstić information content (AvgIpc) is 2.93. The van der Waals surface area contributed by atoms with Crippen LogP contribution in [-0.4, -0.2) is 36.6 Å². The lowest BCUT2D eigenvalue weighted by Gasteiger charge is -2.21. The molecule has 1 atom stereocenters. The van der Waals surface area contributed by atoms with Gasteiger partial charge in [-0.25, -0.2) is 19.9 Å². The van der Waals surface area contributed by atoms with Gasteiger partial charge in [0.2, 0.25) is 11.8 Å². The van der Waals surface area contributed by atoms with Crippen molar-refractivity contribution >= 4 is 22.7 Å². The molecule has 0 fully saturated rings. The van der Waals surface area contributed by atoms with E-state index in [0.29, 0.717) is 39.6 Å². The number of ether oxygens (including phenoxy) is 1. The summed E-state index contributed by atoms with van der Waals surface area (Å²) in [5.41, 5.74) is 7.90. The molecule has 11 heteroatoms. The van der Waals surface area contributed by atoms with E-state index in [1.165, 1.54) is 24.1 Å². The van der Waals surface area contributed by atoms with Crippen molar-refractivity contribution in [2.75, 3.05) is 18.2 Å². The Morgan fingerprint density at radius 2 is 1.84 bits per heavy atom. The van der Waals surface area contributed by atoms with E-state index in [1.807, 2.05) is 49.4 Å². The maximum Gasteiger partial charge on any atom is 0.266 e. The summed E-state index contributed by atoms with van der Waals surface area (Å²) in [5, 5.41) is 13.0. The molecule has 182 valence electrons. The second-order valence-electron chi connectivity index (χ2n) is 8.06. The molecule has 3 N–H and O–H groups in total. The fourth-order valence-corrected chi connectivity index (χ4v) is 4.00. The Kier molecular flexibility index (Phi) is 6.13. The molecule has 0 bridgehead atoms. The molecule has 0 saturated heterocycles. The fraction of sp³-hybridized carbons (Fsp3) is 0.115. The molecule has 5 aromatic rings. The zero-order chi connectivity index (χ0) is 25.9. The van der Waals surface area contributed by atoms with Crippen molar-refractivity contribution in [3.05, 3.63) is 88.9 Å². The van der Waals surface area contributed by atoms with Crippen LogP contribution in [0.3, 0.4) is 0 Å². The summed E-state index contributed by atoms with van der Waals surface area (Å²) in [7, 11) is 1.51. The third-order valence-electron chi connectivity index (χ3n) is 5.72. The van der Waals surface area contributed by atoms with Crippen molar-refractivity contribution in [1.29, 1.82) is 5.26 Å². The van der Waals surface area contributed by atoms with Gasteiger partial charge >= 0.3 is 0 Å². The fourth-order valence-electron chi connectivity index (χ4n) is 4.00. The Balaban J connectivity index is 1.73. The molecule has 3 aromatic heterocycles. The van der Waals surface area contributed by atoms with Crippen LogP contribution < -0.4 is 21.3 Å². The number of methoxy groups -OCH3 is 1. The normalized spacial score (nSPS) is 11.6. The van der Waals surface area contributed by atoms with Gasteiger partial charge in [-0.1, -0.05) is 30.3 Å². The number of hydrogen-bond acceptors (Lipinski definition) is 10. The molecule has 37 heavy (non-hydrogen) atoms. The number of nitrogens with zero attached hydrogens (tertiary/aromatic N) is 7. The lowest BCUT2D eigenvalue weighted by Crippen LogP contribution is -2.28. The summed E-state index contributed by atoms with van der Waals surface area (Å²) in [5.74, 6) is 1.06. The molecule has 5 rings (SSSR count). The number of anilines is 2. The van der Waals surface area contributed by atoms with Crippen LogP contribution >= 0.6 is 0 Å². The van der Waals surface area contributed by atoms with Crippen molar-refractivity contribution in [3.63, 3.8) is 0 Å². The van der Waals surface area contributed by atoms with Crippen LogP contribution in [0.4, 0.5) is 11.8 Å². The monoisotopic (exact) mass is 491 g/mol. The third-order valence-corrected chi connectivity index (χ3v) is 5.72. The van der Waals surface area contributed by atoms with Crippen molar-refractivity contribution in [3.8, 4) is 28.9 Å². The van der Waals surface area contributed by atoms with Crippen molar-refractivity contribution in [1.82, 2.24) is 29.5 Å². The second-order valence-corrected chi connectivity index (χ2v) is 8.06. The summed E-state index contributed by atoms with van der Waals surface area (Å²) >= 11 is 0. The summed E-state index contributed by atoms with van der Waals surface area (Å²) in [6.45, 7) is 1.82. The Morgan fingerprint density at radius 1 is 1.03 bits per heavy atom. The Morgan fingerprint density at radius 3 is 2.54 bits per heavy atom. The minimum atomic E-state index is -0.539. The first-order valence-electron chi connectivity index (χ1n) is 11.3. The topological polar surface area (TPSA) is 158 Å². The van der Waals surface area contributed by atoms with Gasteiger partial charge in [-0.15, -0.1) is 0 Å². The Hall–Kier alpha value is -5.37. The highest BCUT2D eigenvalue weighted by atomic mass is 16.5. The molecule has 11 nitrogen and oxygen atoms in total. The zero-order valence-electron chi connectivity index (χ0n) is 20.0. The number of fused-ring (bicyclic) bond motifs is 1. The Labute approximate surface area is 211 Å². The van der Waals surface area contributed by atoms with Gasteiger partial charge < -0.3 is 15.8 Å². The van der Waals surface area contributed by atoms with E-state index < -0.39 is 6.04 Å². The summed E-state index contributed by atoms with van der Waals surface area (Å²) in [6, 6.07) is 16.1. The first-order chi connectivity index (χ1) is 18.0. The van der Waals surface area contributed by atoms with E-state index in [4.69, 9.17) is 15.5 Å². The number of para-hydroxylation sites is 1. The molecule has 0 aliphatic rings. The summed E-state index contributed by atoms with van der Waals surface area (Å²) in [4.78, 5) is 35.7. The number of benzene rings is 2. The molecular weight excluding hydrogens is 470 g/mol. The number of rotatable bonds is 6. The number of nitrogens with one attached hydrogen (secondary N) is 1. The Bertz CT molecular complexity index is 1690. The van der Waals surface area contributed by atoms with Crippen molar-refractivity contribution in [2.24, 2.45) is 0 Å². The van der Waals surface area contributed by atoms with Crippen LogP contribution in [0.15, 0.2) is 71.9 Å². The average molecular weight is 492 g/mol.